The van der Waals surface area contributed by atoms with Crippen LogP contribution in [0.2, 0.25) is 0 Å². The van der Waals surface area contributed by atoms with E-state index in [0.29, 0.717) is 31.7 Å². The molecule has 7 nitrogen and oxygen atoms in total. The van der Waals surface area contributed by atoms with Crippen molar-refractivity contribution < 1.29 is 13.5 Å². The normalized spacial score (nSPS) is 15.6. The monoisotopic (exact) mass is 445 g/mol. The Morgan fingerprint density at radius 3 is 2.74 bits per heavy atom. The third kappa shape index (κ3) is 3.30. The summed E-state index contributed by atoms with van der Waals surface area (Å²) in [6.45, 7) is 2.91. The van der Waals surface area contributed by atoms with Gasteiger partial charge in [0.1, 0.15) is 16.9 Å². The predicted molar refractivity (Wildman–Crippen MR) is 114 cm³/mol. The molecule has 1 unspecified atom stereocenters. The van der Waals surface area contributed by atoms with E-state index in [1.807, 2.05) is 24.3 Å². The Morgan fingerprint density at radius 2 is 2.03 bits per heavy atom. The molecule has 5 rings (SSSR count). The first kappa shape index (κ1) is 20.1. The zero-order valence-corrected chi connectivity index (χ0v) is 17.9. The van der Waals surface area contributed by atoms with Crippen LogP contribution in [0.1, 0.15) is 22.9 Å². The number of benzene rings is 1. The van der Waals surface area contributed by atoms with E-state index in [4.69, 9.17) is 4.74 Å². The summed E-state index contributed by atoms with van der Waals surface area (Å²) in [5.74, 6) is 0.743. The summed E-state index contributed by atoms with van der Waals surface area (Å²) in [5.41, 5.74) is 2.29. The van der Waals surface area contributed by atoms with Gasteiger partial charge < -0.3 is 4.74 Å². The summed E-state index contributed by atoms with van der Waals surface area (Å²) in [6.07, 6.45) is -0.380. The molecule has 1 aliphatic rings. The third-order valence-electron chi connectivity index (χ3n) is 5.94. The number of ether oxygens (including phenoxy) is 1. The summed E-state index contributed by atoms with van der Waals surface area (Å²) in [7, 11) is 1.61. The number of methoxy groups -OCH3 is 1. The molecule has 0 bridgehead atoms. The zero-order chi connectivity index (χ0) is 21.7. The van der Waals surface area contributed by atoms with E-state index in [1.165, 1.54) is 22.2 Å². The van der Waals surface area contributed by atoms with Gasteiger partial charge in [-0.1, -0.05) is 12.1 Å². The lowest BCUT2D eigenvalue weighted by atomic mass is 10.0. The zero-order valence-electron chi connectivity index (χ0n) is 17.1. The van der Waals surface area contributed by atoms with Crippen LogP contribution in [0.3, 0.4) is 0 Å². The number of nitrogens with zero attached hydrogens (tertiary/aromatic N) is 5. The molecule has 1 aromatic carbocycles. The highest BCUT2D eigenvalue weighted by Gasteiger charge is 2.30. The Kier molecular flexibility index (Phi) is 4.98. The van der Waals surface area contributed by atoms with E-state index in [9.17, 15) is 13.6 Å². The Bertz CT molecular complexity index is 1310. The Morgan fingerprint density at radius 1 is 1.26 bits per heavy atom. The third-order valence-corrected chi connectivity index (χ3v) is 7.18. The second-order valence-corrected chi connectivity index (χ2v) is 8.78. The van der Waals surface area contributed by atoms with Crippen LogP contribution in [0.5, 0.6) is 5.75 Å². The predicted octanol–water partition coefficient (Wildman–Crippen LogP) is 3.17. The van der Waals surface area contributed by atoms with Crippen molar-refractivity contribution in [2.24, 2.45) is 0 Å². The van der Waals surface area contributed by atoms with Gasteiger partial charge in [0, 0.05) is 18.0 Å². The van der Waals surface area contributed by atoms with E-state index in [2.05, 4.69) is 10.1 Å². The van der Waals surface area contributed by atoms with Crippen LogP contribution in [-0.2, 0) is 19.5 Å². The average molecular weight is 445 g/mol. The number of alkyl halides is 2. The van der Waals surface area contributed by atoms with Gasteiger partial charge in [-0.15, -0.1) is 11.3 Å². The first-order valence-corrected chi connectivity index (χ1v) is 10.8. The fourth-order valence-electron chi connectivity index (χ4n) is 4.14. The highest BCUT2D eigenvalue weighted by atomic mass is 32.1. The van der Waals surface area contributed by atoms with E-state index in [-0.39, 0.29) is 5.69 Å². The fraction of sp³-hybridized carbons (Fsp3) is 0.381. The Labute approximate surface area is 180 Å². The molecule has 1 atom stereocenters. The van der Waals surface area contributed by atoms with Gasteiger partial charge in [-0.25, -0.2) is 18.6 Å². The van der Waals surface area contributed by atoms with Gasteiger partial charge in [0.2, 0.25) is 0 Å². The second-order valence-electron chi connectivity index (χ2n) is 7.69. The molecular weight excluding hydrogens is 424 g/mol. The summed E-state index contributed by atoms with van der Waals surface area (Å²) < 4.78 is 34.8. The van der Waals surface area contributed by atoms with Crippen molar-refractivity contribution in [1.29, 1.82) is 0 Å². The molecule has 0 amide bonds. The second kappa shape index (κ2) is 7.69. The van der Waals surface area contributed by atoms with Crippen molar-refractivity contribution in [3.63, 3.8) is 0 Å². The molecule has 1 aliphatic heterocycles. The standard InChI is InChI=1S/C21H21F2N5O2S/c1-12(18(22)23)26-8-7-15-16(10-26)31-20-17(15)19-24-11-25-28(19)21(29)27(20)9-13-3-5-14(30-2)6-4-13/h3-6,11-12,18H,7-10H2,1-2H3. The minimum atomic E-state index is -2.40. The largest absolute Gasteiger partial charge is 0.497 e. The van der Waals surface area contributed by atoms with Gasteiger partial charge >= 0.3 is 5.69 Å². The van der Waals surface area contributed by atoms with Crippen LogP contribution in [0.25, 0.3) is 15.9 Å². The maximum atomic E-state index is 13.3. The van der Waals surface area contributed by atoms with Crippen LogP contribution < -0.4 is 10.4 Å². The molecule has 0 spiro atoms. The lowest BCUT2D eigenvalue weighted by molar-refractivity contribution is 0.0285. The van der Waals surface area contributed by atoms with Gasteiger partial charge in [0.15, 0.2) is 5.65 Å². The number of aromatic nitrogens is 4. The molecule has 0 saturated carbocycles. The van der Waals surface area contributed by atoms with Crippen molar-refractivity contribution in [2.45, 2.75) is 38.9 Å². The fourth-order valence-corrected chi connectivity index (χ4v) is 5.50. The summed E-state index contributed by atoms with van der Waals surface area (Å²) in [5, 5.41) is 5.04. The minimum absolute atomic E-state index is 0.271. The molecule has 0 fully saturated rings. The Hall–Kier alpha value is -2.85. The quantitative estimate of drug-likeness (QED) is 0.472. The van der Waals surface area contributed by atoms with Crippen LogP contribution in [0.4, 0.5) is 8.78 Å². The summed E-state index contributed by atoms with van der Waals surface area (Å²) >= 11 is 1.49. The van der Waals surface area contributed by atoms with Crippen molar-refractivity contribution in [2.75, 3.05) is 13.7 Å². The first-order valence-electron chi connectivity index (χ1n) is 10.00. The van der Waals surface area contributed by atoms with E-state index < -0.39 is 12.5 Å². The smallest absolute Gasteiger partial charge is 0.352 e. The van der Waals surface area contributed by atoms with Crippen LogP contribution >= 0.6 is 11.3 Å². The van der Waals surface area contributed by atoms with Crippen LogP contribution in [0, 0.1) is 0 Å². The first-order chi connectivity index (χ1) is 15.0. The number of fused-ring (bicyclic) bond motifs is 5. The minimum Gasteiger partial charge on any atom is -0.497 e. The molecule has 31 heavy (non-hydrogen) atoms. The van der Waals surface area contributed by atoms with E-state index in [0.717, 1.165) is 32.0 Å². The van der Waals surface area contributed by atoms with Crippen molar-refractivity contribution in [1.82, 2.24) is 24.1 Å². The summed E-state index contributed by atoms with van der Waals surface area (Å²) in [4.78, 5) is 21.1. The van der Waals surface area contributed by atoms with Gasteiger partial charge in [-0.2, -0.15) is 9.61 Å². The van der Waals surface area contributed by atoms with Gasteiger partial charge in [-0.3, -0.25) is 9.47 Å². The van der Waals surface area contributed by atoms with Gasteiger partial charge in [-0.05, 0) is 36.6 Å². The molecule has 0 N–H and O–H groups in total. The number of hydrogen-bond acceptors (Lipinski definition) is 6. The molecule has 0 saturated heterocycles. The van der Waals surface area contributed by atoms with Gasteiger partial charge in [0.25, 0.3) is 6.43 Å². The summed E-state index contributed by atoms with van der Waals surface area (Å²) in [6, 6.07) is 6.74. The highest BCUT2D eigenvalue weighted by Crippen LogP contribution is 2.37. The number of halogens is 2. The Balaban J connectivity index is 1.65. The lowest BCUT2D eigenvalue weighted by Gasteiger charge is -2.31. The van der Waals surface area contributed by atoms with E-state index >= 15 is 0 Å². The maximum Gasteiger partial charge on any atom is 0.352 e. The van der Waals surface area contributed by atoms with Crippen LogP contribution in [-0.4, -0.2) is 50.2 Å². The molecule has 3 aromatic heterocycles. The van der Waals surface area contributed by atoms with Crippen LogP contribution in [0.15, 0.2) is 35.4 Å². The van der Waals surface area contributed by atoms with Crippen molar-refractivity contribution in [3.8, 4) is 5.75 Å². The molecule has 4 heterocycles. The average Bonchev–Trinajstić information content (AvgIpc) is 3.40. The van der Waals surface area contributed by atoms with Crippen molar-refractivity contribution in [3.05, 3.63) is 57.1 Å². The van der Waals surface area contributed by atoms with E-state index in [1.54, 1.807) is 23.5 Å². The molecule has 0 radical (unpaired) electrons. The number of hydrogen-bond donors (Lipinski definition) is 0. The topological polar surface area (TPSA) is 64.7 Å². The number of thiophene rings is 1. The highest BCUT2D eigenvalue weighted by molar-refractivity contribution is 7.19. The molecule has 162 valence electrons. The number of rotatable bonds is 5. The maximum absolute atomic E-state index is 13.3. The molecule has 4 aromatic rings. The lowest BCUT2D eigenvalue weighted by Crippen LogP contribution is -2.41. The van der Waals surface area contributed by atoms with Crippen molar-refractivity contribution >= 4 is 27.2 Å². The van der Waals surface area contributed by atoms with Gasteiger partial charge in [0.05, 0.1) is 25.1 Å². The molecule has 10 heteroatoms. The SMILES string of the molecule is COc1ccc(Cn2c(=O)n3ncnc3c3c4c(sc32)CN(C(C)C(F)F)CC4)cc1. The molecular formula is C21H21F2N5O2S. The molecule has 0 aliphatic carbocycles.